The van der Waals surface area contributed by atoms with E-state index in [1.54, 1.807) is 0 Å². The minimum atomic E-state index is -0.105. The van der Waals surface area contributed by atoms with E-state index in [0.29, 0.717) is 6.04 Å². The lowest BCUT2D eigenvalue weighted by Gasteiger charge is -2.27. The summed E-state index contributed by atoms with van der Waals surface area (Å²) in [5, 5.41) is 3.58. The monoisotopic (exact) mass is 234 g/mol. The molecule has 17 heavy (non-hydrogen) atoms. The average Bonchev–Trinajstić information content (AvgIpc) is 2.70. The van der Waals surface area contributed by atoms with E-state index in [1.807, 2.05) is 19.2 Å². The van der Waals surface area contributed by atoms with Crippen molar-refractivity contribution in [1.82, 2.24) is 10.3 Å². The molecule has 0 saturated carbocycles. The number of pyridine rings is 1. The summed E-state index contributed by atoms with van der Waals surface area (Å²) in [5.41, 5.74) is 2.51. The van der Waals surface area contributed by atoms with Gasteiger partial charge in [0, 0.05) is 19.3 Å². The topological polar surface area (TPSA) is 34.1 Å². The molecule has 0 spiro atoms. The van der Waals surface area contributed by atoms with Gasteiger partial charge in [0.25, 0.3) is 0 Å². The van der Waals surface area contributed by atoms with Crippen molar-refractivity contribution in [2.45, 2.75) is 45.3 Å². The molecule has 1 unspecified atom stereocenters. The number of ether oxygens (including phenoxy) is 1. The molecule has 1 aromatic heterocycles. The lowest BCUT2D eigenvalue weighted by Crippen LogP contribution is -2.39. The van der Waals surface area contributed by atoms with Gasteiger partial charge < -0.3 is 10.1 Å². The Bertz CT molecular complexity index is 376. The summed E-state index contributed by atoms with van der Waals surface area (Å²) in [4.78, 5) is 4.48. The lowest BCUT2D eigenvalue weighted by molar-refractivity contribution is -0.0107. The Morgan fingerprint density at radius 2 is 2.35 bits per heavy atom. The van der Waals surface area contributed by atoms with Crippen molar-refractivity contribution in [3.8, 4) is 0 Å². The first-order chi connectivity index (χ1) is 8.12. The van der Waals surface area contributed by atoms with Gasteiger partial charge in [-0.15, -0.1) is 0 Å². The molecule has 94 valence electrons. The van der Waals surface area contributed by atoms with E-state index in [9.17, 15) is 0 Å². The molecule has 1 atom stereocenters. The number of nitrogens with one attached hydrogen (secondary N) is 1. The van der Waals surface area contributed by atoms with E-state index in [-0.39, 0.29) is 5.60 Å². The molecule has 0 amide bonds. The van der Waals surface area contributed by atoms with Gasteiger partial charge in [-0.25, -0.2) is 0 Å². The number of aromatic nitrogens is 1. The number of fused-ring (bicyclic) bond motifs is 1. The highest BCUT2D eigenvalue weighted by atomic mass is 16.5. The van der Waals surface area contributed by atoms with Crippen molar-refractivity contribution in [1.29, 1.82) is 0 Å². The summed E-state index contributed by atoms with van der Waals surface area (Å²) in [7, 11) is 0. The first kappa shape index (κ1) is 12.5. The summed E-state index contributed by atoms with van der Waals surface area (Å²) in [6.45, 7) is 7.90. The average molecular weight is 234 g/mol. The fourth-order valence-electron chi connectivity index (χ4n) is 2.42. The molecular weight excluding hydrogens is 212 g/mol. The maximum Gasteiger partial charge on any atom is 0.0750 e. The summed E-state index contributed by atoms with van der Waals surface area (Å²) in [6, 6.07) is 4.59. The van der Waals surface area contributed by atoms with Gasteiger partial charge >= 0.3 is 0 Å². The zero-order valence-corrected chi connectivity index (χ0v) is 11.0. The Balaban J connectivity index is 1.94. The predicted molar refractivity (Wildman–Crippen MR) is 69.0 cm³/mol. The van der Waals surface area contributed by atoms with E-state index in [2.05, 4.69) is 30.2 Å². The number of hydrogen-bond donors (Lipinski definition) is 1. The Kier molecular flexibility index (Phi) is 3.79. The quantitative estimate of drug-likeness (QED) is 0.850. The standard InChI is InChI=1S/C14H22N2O/c1-4-17-14(2,3)10-16-12-8-7-11-6-5-9-15-13(11)12/h5-6,9,12,16H,4,7-8,10H2,1-3H3. The second kappa shape index (κ2) is 5.15. The van der Waals surface area contributed by atoms with Crippen molar-refractivity contribution in [2.75, 3.05) is 13.2 Å². The zero-order valence-electron chi connectivity index (χ0n) is 11.0. The van der Waals surface area contributed by atoms with Crippen LogP contribution in [0.5, 0.6) is 0 Å². The second-order valence-electron chi connectivity index (χ2n) is 5.21. The van der Waals surface area contributed by atoms with Gasteiger partial charge in [-0.3, -0.25) is 4.98 Å². The Labute approximate surface area is 104 Å². The third kappa shape index (κ3) is 3.05. The molecule has 0 fully saturated rings. The van der Waals surface area contributed by atoms with Crippen molar-refractivity contribution in [2.24, 2.45) is 0 Å². The van der Waals surface area contributed by atoms with Crippen LogP contribution in [0.2, 0.25) is 0 Å². The van der Waals surface area contributed by atoms with Gasteiger partial charge in [-0.2, -0.15) is 0 Å². The van der Waals surface area contributed by atoms with Crippen LogP contribution in [0.15, 0.2) is 18.3 Å². The fraction of sp³-hybridized carbons (Fsp3) is 0.643. The highest BCUT2D eigenvalue weighted by Gasteiger charge is 2.26. The van der Waals surface area contributed by atoms with Crippen LogP contribution in [-0.4, -0.2) is 23.7 Å². The van der Waals surface area contributed by atoms with Crippen LogP contribution in [0.25, 0.3) is 0 Å². The predicted octanol–water partition coefficient (Wildman–Crippen LogP) is 2.47. The highest BCUT2D eigenvalue weighted by molar-refractivity contribution is 5.27. The van der Waals surface area contributed by atoms with E-state index < -0.39 is 0 Å². The van der Waals surface area contributed by atoms with Crippen LogP contribution in [0, 0.1) is 0 Å². The van der Waals surface area contributed by atoms with Gasteiger partial charge in [0.15, 0.2) is 0 Å². The molecule has 3 heteroatoms. The largest absolute Gasteiger partial charge is 0.375 e. The lowest BCUT2D eigenvalue weighted by atomic mass is 10.1. The van der Waals surface area contributed by atoms with Gasteiger partial charge in [-0.1, -0.05) is 6.07 Å². The number of hydrogen-bond acceptors (Lipinski definition) is 3. The van der Waals surface area contributed by atoms with E-state index in [1.165, 1.54) is 11.3 Å². The van der Waals surface area contributed by atoms with E-state index >= 15 is 0 Å². The first-order valence-corrected chi connectivity index (χ1v) is 6.43. The van der Waals surface area contributed by atoms with Crippen molar-refractivity contribution < 1.29 is 4.74 Å². The summed E-state index contributed by atoms with van der Waals surface area (Å²) in [5.74, 6) is 0. The molecule has 2 rings (SSSR count). The molecule has 1 aliphatic rings. The summed E-state index contributed by atoms with van der Waals surface area (Å²) < 4.78 is 5.69. The third-order valence-corrected chi connectivity index (χ3v) is 3.27. The first-order valence-electron chi connectivity index (χ1n) is 6.43. The van der Waals surface area contributed by atoms with Crippen LogP contribution in [0.3, 0.4) is 0 Å². The van der Waals surface area contributed by atoms with Gasteiger partial charge in [0.1, 0.15) is 0 Å². The minimum absolute atomic E-state index is 0.105. The molecule has 1 aliphatic carbocycles. The Hall–Kier alpha value is -0.930. The second-order valence-corrected chi connectivity index (χ2v) is 5.21. The van der Waals surface area contributed by atoms with Crippen LogP contribution in [0.4, 0.5) is 0 Å². The number of rotatable bonds is 5. The SMILES string of the molecule is CCOC(C)(C)CNC1CCc2cccnc21. The fourth-order valence-corrected chi connectivity index (χ4v) is 2.42. The number of aryl methyl sites for hydroxylation is 1. The van der Waals surface area contributed by atoms with Crippen LogP contribution in [0.1, 0.15) is 44.5 Å². The molecule has 0 bridgehead atoms. The smallest absolute Gasteiger partial charge is 0.0750 e. The van der Waals surface area contributed by atoms with Gasteiger partial charge in [0.05, 0.1) is 17.3 Å². The maximum absolute atomic E-state index is 5.69. The molecule has 1 heterocycles. The zero-order chi connectivity index (χ0) is 12.3. The number of nitrogens with zero attached hydrogens (tertiary/aromatic N) is 1. The van der Waals surface area contributed by atoms with Crippen molar-refractivity contribution in [3.05, 3.63) is 29.6 Å². The third-order valence-electron chi connectivity index (χ3n) is 3.27. The summed E-state index contributed by atoms with van der Waals surface area (Å²) >= 11 is 0. The van der Waals surface area contributed by atoms with Gasteiger partial charge in [0.2, 0.25) is 0 Å². The van der Waals surface area contributed by atoms with E-state index in [4.69, 9.17) is 4.74 Å². The Morgan fingerprint density at radius 3 is 3.12 bits per heavy atom. The molecule has 1 N–H and O–H groups in total. The maximum atomic E-state index is 5.69. The van der Waals surface area contributed by atoms with Crippen molar-refractivity contribution >= 4 is 0 Å². The molecule has 1 aromatic rings. The molecular formula is C14H22N2O. The Morgan fingerprint density at radius 1 is 1.53 bits per heavy atom. The van der Waals surface area contributed by atoms with Crippen LogP contribution >= 0.6 is 0 Å². The minimum Gasteiger partial charge on any atom is -0.375 e. The van der Waals surface area contributed by atoms with Crippen LogP contribution < -0.4 is 5.32 Å². The van der Waals surface area contributed by atoms with E-state index in [0.717, 1.165) is 26.0 Å². The summed E-state index contributed by atoms with van der Waals surface area (Å²) in [6.07, 6.45) is 4.16. The molecule has 3 nitrogen and oxygen atoms in total. The molecule has 0 radical (unpaired) electrons. The van der Waals surface area contributed by atoms with Gasteiger partial charge in [-0.05, 0) is 45.2 Å². The van der Waals surface area contributed by atoms with Crippen LogP contribution in [-0.2, 0) is 11.2 Å². The molecule has 0 aliphatic heterocycles. The normalized spacial score (nSPS) is 19.4. The van der Waals surface area contributed by atoms with Crippen molar-refractivity contribution in [3.63, 3.8) is 0 Å². The molecule has 0 saturated heterocycles. The molecule has 0 aromatic carbocycles. The highest BCUT2D eigenvalue weighted by Crippen LogP contribution is 2.29.